The molecule has 0 unspecified atom stereocenters. The SMILES string of the molecule is N#Cc1ccc(N2CCN(C(=O)CCOC[C@@H](Nc3cn[nH]c(=O)c3C(F)(F)F)c3ccncc3)CC2)nc1. The Balaban J connectivity index is 1.31. The van der Waals surface area contributed by atoms with Crippen LogP contribution in [0.3, 0.4) is 0 Å². The molecule has 2 N–H and O–H groups in total. The van der Waals surface area contributed by atoms with Crippen molar-refractivity contribution in [3.63, 3.8) is 0 Å². The van der Waals surface area contributed by atoms with E-state index >= 15 is 0 Å². The molecule has 11 nitrogen and oxygen atoms in total. The van der Waals surface area contributed by atoms with Gasteiger partial charge in [-0.3, -0.25) is 14.6 Å². The third-order valence-corrected chi connectivity index (χ3v) is 6.16. The van der Waals surface area contributed by atoms with Crippen LogP contribution in [0.2, 0.25) is 0 Å². The van der Waals surface area contributed by atoms with Crippen molar-refractivity contribution >= 4 is 17.4 Å². The maximum atomic E-state index is 13.5. The number of nitrogens with zero attached hydrogens (tertiary/aromatic N) is 6. The van der Waals surface area contributed by atoms with Crippen molar-refractivity contribution in [3.8, 4) is 6.07 Å². The van der Waals surface area contributed by atoms with Gasteiger partial charge in [0, 0.05) is 44.8 Å². The molecule has 4 heterocycles. The highest BCUT2D eigenvalue weighted by molar-refractivity contribution is 5.76. The summed E-state index contributed by atoms with van der Waals surface area (Å²) in [5, 5.41) is 16.9. The highest BCUT2D eigenvalue weighted by Crippen LogP contribution is 2.33. The number of anilines is 2. The summed E-state index contributed by atoms with van der Waals surface area (Å²) in [4.78, 5) is 36.5. The number of hydrogen-bond donors (Lipinski definition) is 2. The van der Waals surface area contributed by atoms with Crippen LogP contribution in [-0.2, 0) is 15.7 Å². The third kappa shape index (κ3) is 7.08. The number of ether oxygens (including phenoxy) is 1. The summed E-state index contributed by atoms with van der Waals surface area (Å²) in [5.74, 6) is 0.636. The molecular weight excluding hydrogens is 517 g/mol. The summed E-state index contributed by atoms with van der Waals surface area (Å²) in [6, 6.07) is 7.96. The van der Waals surface area contributed by atoms with E-state index in [0.717, 1.165) is 12.0 Å². The maximum absolute atomic E-state index is 13.5. The second-order valence-electron chi connectivity index (χ2n) is 8.67. The molecule has 0 radical (unpaired) electrons. The predicted molar refractivity (Wildman–Crippen MR) is 134 cm³/mol. The largest absolute Gasteiger partial charge is 0.423 e. The summed E-state index contributed by atoms with van der Waals surface area (Å²) < 4.78 is 46.2. The first kappa shape index (κ1) is 27.5. The molecule has 0 aliphatic carbocycles. The quantitative estimate of drug-likeness (QED) is 0.390. The number of halogens is 3. The Labute approximate surface area is 221 Å². The highest BCUT2D eigenvalue weighted by atomic mass is 19.4. The Morgan fingerprint density at radius 1 is 1.15 bits per heavy atom. The van der Waals surface area contributed by atoms with Gasteiger partial charge in [0.05, 0.1) is 43.1 Å². The van der Waals surface area contributed by atoms with Gasteiger partial charge in [0.2, 0.25) is 5.91 Å². The Bertz CT molecular complexity index is 1350. The fourth-order valence-electron chi connectivity index (χ4n) is 4.14. The van der Waals surface area contributed by atoms with Crippen molar-refractivity contribution in [2.75, 3.05) is 49.6 Å². The highest BCUT2D eigenvalue weighted by Gasteiger charge is 2.38. The average molecular weight is 543 g/mol. The molecule has 0 bridgehead atoms. The van der Waals surface area contributed by atoms with E-state index in [1.165, 1.54) is 18.6 Å². The van der Waals surface area contributed by atoms with Crippen LogP contribution in [0.15, 0.2) is 53.8 Å². The van der Waals surface area contributed by atoms with E-state index in [0.29, 0.717) is 37.3 Å². The van der Waals surface area contributed by atoms with Crippen molar-refractivity contribution in [3.05, 3.63) is 76.1 Å². The molecule has 1 saturated heterocycles. The van der Waals surface area contributed by atoms with Gasteiger partial charge in [0.25, 0.3) is 5.56 Å². The number of aromatic nitrogens is 4. The topological polar surface area (TPSA) is 140 Å². The molecule has 1 aliphatic rings. The van der Waals surface area contributed by atoms with E-state index in [1.54, 1.807) is 34.3 Å². The number of pyridine rings is 2. The fraction of sp³-hybridized carbons (Fsp3) is 0.360. The van der Waals surface area contributed by atoms with Gasteiger partial charge < -0.3 is 19.9 Å². The lowest BCUT2D eigenvalue weighted by molar-refractivity contribution is -0.138. The number of nitriles is 1. The number of piperazine rings is 1. The van der Waals surface area contributed by atoms with Crippen LogP contribution in [0, 0.1) is 11.3 Å². The third-order valence-electron chi connectivity index (χ3n) is 6.16. The zero-order chi connectivity index (χ0) is 27.8. The zero-order valence-corrected chi connectivity index (χ0v) is 20.7. The van der Waals surface area contributed by atoms with E-state index in [9.17, 15) is 22.8 Å². The first-order valence-electron chi connectivity index (χ1n) is 12.0. The number of rotatable bonds is 9. The number of carbonyl (C=O) groups is 1. The minimum Gasteiger partial charge on any atom is -0.378 e. The van der Waals surface area contributed by atoms with Gasteiger partial charge in [-0.05, 0) is 29.8 Å². The van der Waals surface area contributed by atoms with Crippen LogP contribution in [0.4, 0.5) is 24.7 Å². The standard InChI is InChI=1S/C25H25F3N8O3/c26-25(27,28)23-19(15-32-34-24(23)38)33-20(18-3-6-30-7-4-18)16-39-12-5-22(37)36-10-8-35(9-11-36)21-2-1-17(13-29)14-31-21/h1-4,6-7,14-15,20H,5,8-12,16H2,(H2,33,34,38)/t20-/m1/s1. The summed E-state index contributed by atoms with van der Waals surface area (Å²) in [6.07, 6.45) is 0.583. The first-order chi connectivity index (χ1) is 18.8. The van der Waals surface area contributed by atoms with Gasteiger partial charge in [-0.15, -0.1) is 0 Å². The van der Waals surface area contributed by atoms with Gasteiger partial charge in [-0.1, -0.05) is 0 Å². The van der Waals surface area contributed by atoms with Crippen LogP contribution in [0.5, 0.6) is 0 Å². The molecule has 1 atom stereocenters. The molecule has 3 aromatic rings. The van der Waals surface area contributed by atoms with Crippen molar-refractivity contribution < 1.29 is 22.7 Å². The summed E-state index contributed by atoms with van der Waals surface area (Å²) in [7, 11) is 0. The Morgan fingerprint density at radius 3 is 2.54 bits per heavy atom. The first-order valence-corrected chi connectivity index (χ1v) is 12.0. The fourth-order valence-corrected chi connectivity index (χ4v) is 4.14. The van der Waals surface area contributed by atoms with E-state index < -0.39 is 29.0 Å². The van der Waals surface area contributed by atoms with Crippen LogP contribution in [-0.4, -0.2) is 70.4 Å². The molecule has 204 valence electrons. The second kappa shape index (κ2) is 12.4. The molecule has 1 amide bonds. The lowest BCUT2D eigenvalue weighted by Crippen LogP contribution is -2.49. The van der Waals surface area contributed by atoms with Crippen molar-refractivity contribution in [1.82, 2.24) is 25.1 Å². The predicted octanol–water partition coefficient (Wildman–Crippen LogP) is 2.36. The number of nitrogens with one attached hydrogen (secondary N) is 2. The second-order valence-corrected chi connectivity index (χ2v) is 8.67. The Hall–Kier alpha value is -4.51. The van der Waals surface area contributed by atoms with Crippen LogP contribution < -0.4 is 15.8 Å². The zero-order valence-electron chi connectivity index (χ0n) is 20.7. The number of carbonyl (C=O) groups excluding carboxylic acids is 1. The molecule has 4 rings (SSSR count). The van der Waals surface area contributed by atoms with Gasteiger partial charge in [0.1, 0.15) is 17.5 Å². The molecule has 0 saturated carbocycles. The molecule has 1 fully saturated rings. The molecular formula is C25H25F3N8O3. The van der Waals surface area contributed by atoms with Gasteiger partial charge in [-0.25, -0.2) is 10.1 Å². The van der Waals surface area contributed by atoms with Crippen molar-refractivity contribution in [2.45, 2.75) is 18.6 Å². The lowest BCUT2D eigenvalue weighted by atomic mass is 10.1. The minimum absolute atomic E-state index is 0.0548. The molecule has 3 aromatic heterocycles. The lowest BCUT2D eigenvalue weighted by Gasteiger charge is -2.35. The van der Waals surface area contributed by atoms with Crippen molar-refractivity contribution in [2.24, 2.45) is 0 Å². The smallest absolute Gasteiger partial charge is 0.378 e. The van der Waals surface area contributed by atoms with Gasteiger partial charge in [-0.2, -0.15) is 23.5 Å². The summed E-state index contributed by atoms with van der Waals surface area (Å²) in [6.45, 7) is 2.16. The Morgan fingerprint density at radius 2 is 1.90 bits per heavy atom. The number of amides is 1. The number of hydrogen-bond acceptors (Lipinski definition) is 9. The minimum atomic E-state index is -4.89. The maximum Gasteiger partial charge on any atom is 0.423 e. The van der Waals surface area contributed by atoms with E-state index in [4.69, 9.17) is 10.00 Å². The molecule has 0 aromatic carbocycles. The van der Waals surface area contributed by atoms with Gasteiger partial charge in [0.15, 0.2) is 0 Å². The van der Waals surface area contributed by atoms with Crippen LogP contribution in [0.25, 0.3) is 0 Å². The van der Waals surface area contributed by atoms with Crippen molar-refractivity contribution in [1.29, 1.82) is 5.26 Å². The number of H-pyrrole nitrogens is 1. The average Bonchev–Trinajstić information content (AvgIpc) is 2.94. The van der Waals surface area contributed by atoms with E-state index in [1.807, 2.05) is 11.0 Å². The Kier molecular flexibility index (Phi) is 8.72. The van der Waals surface area contributed by atoms with Gasteiger partial charge >= 0.3 is 6.18 Å². The molecule has 1 aliphatic heterocycles. The van der Waals surface area contributed by atoms with Crippen LogP contribution in [0.1, 0.15) is 29.2 Å². The normalized spacial score (nSPS) is 14.5. The van der Waals surface area contributed by atoms with Crippen LogP contribution >= 0.6 is 0 Å². The summed E-state index contributed by atoms with van der Waals surface area (Å²) >= 11 is 0. The molecule has 39 heavy (non-hydrogen) atoms. The number of aromatic amines is 1. The van der Waals surface area contributed by atoms with E-state index in [2.05, 4.69) is 20.4 Å². The molecule has 0 spiro atoms. The number of alkyl halides is 3. The van der Waals surface area contributed by atoms with E-state index in [-0.39, 0.29) is 25.5 Å². The summed E-state index contributed by atoms with van der Waals surface area (Å²) in [5.41, 5.74) is -2.17. The monoisotopic (exact) mass is 542 g/mol. The molecule has 14 heteroatoms.